The second-order valence-corrected chi connectivity index (χ2v) is 3.02. The third-order valence-corrected chi connectivity index (χ3v) is 1.91. The highest BCUT2D eigenvalue weighted by Gasteiger charge is 2.05. The summed E-state index contributed by atoms with van der Waals surface area (Å²) in [5.41, 5.74) is 6.87. The van der Waals surface area contributed by atoms with Crippen LogP contribution in [0.4, 0.5) is 5.82 Å². The summed E-state index contributed by atoms with van der Waals surface area (Å²) in [5, 5.41) is 2.89. The average Bonchev–Trinajstić information content (AvgIpc) is 2.46. The van der Waals surface area contributed by atoms with Gasteiger partial charge in [0.1, 0.15) is 11.5 Å². The molecule has 2 aromatic rings. The Morgan fingerprint density at radius 2 is 2.36 bits per heavy atom. The van der Waals surface area contributed by atoms with Crippen molar-refractivity contribution in [1.82, 2.24) is 14.8 Å². The highest BCUT2D eigenvalue weighted by Crippen LogP contribution is 2.09. The van der Waals surface area contributed by atoms with Gasteiger partial charge in [0.05, 0.1) is 0 Å². The fourth-order valence-electron chi connectivity index (χ4n) is 1.29. The van der Waals surface area contributed by atoms with E-state index in [4.69, 9.17) is 5.73 Å². The van der Waals surface area contributed by atoms with Crippen LogP contribution in [0.1, 0.15) is 5.69 Å². The molecule has 0 saturated carbocycles. The van der Waals surface area contributed by atoms with Crippen LogP contribution in [0.2, 0.25) is 0 Å². The predicted molar refractivity (Wildman–Crippen MR) is 53.3 cm³/mol. The van der Waals surface area contributed by atoms with E-state index in [2.05, 4.69) is 10.1 Å². The van der Waals surface area contributed by atoms with E-state index >= 15 is 0 Å². The van der Waals surface area contributed by atoms with Crippen LogP contribution >= 0.6 is 0 Å². The molecule has 5 heteroatoms. The van der Waals surface area contributed by atoms with Crippen molar-refractivity contribution >= 4 is 5.82 Å². The highest BCUT2D eigenvalue weighted by atomic mass is 16.1. The molecule has 0 radical (unpaired) electrons. The Labute approximate surface area is 80.2 Å². The van der Waals surface area contributed by atoms with Gasteiger partial charge >= 0.3 is 0 Å². The fourth-order valence-corrected chi connectivity index (χ4v) is 1.29. The Morgan fingerprint density at radius 3 is 2.93 bits per heavy atom. The average molecular weight is 190 g/mol. The van der Waals surface area contributed by atoms with Gasteiger partial charge in [0, 0.05) is 18.0 Å². The number of aromatic amines is 1. The number of aryl methyl sites for hydroxylation is 1. The summed E-state index contributed by atoms with van der Waals surface area (Å²) >= 11 is 0. The SMILES string of the molecule is Cc1cc(=O)n(-c2cccnc2N)[nH]1. The van der Waals surface area contributed by atoms with E-state index in [1.165, 1.54) is 10.7 Å². The summed E-state index contributed by atoms with van der Waals surface area (Å²) < 4.78 is 1.37. The number of nitrogens with two attached hydrogens (primary N) is 1. The van der Waals surface area contributed by atoms with E-state index in [-0.39, 0.29) is 5.56 Å². The molecule has 0 aromatic carbocycles. The minimum Gasteiger partial charge on any atom is -0.382 e. The first kappa shape index (κ1) is 8.55. The molecule has 0 fully saturated rings. The maximum absolute atomic E-state index is 11.4. The van der Waals surface area contributed by atoms with Crippen molar-refractivity contribution in [2.75, 3.05) is 5.73 Å². The first-order valence-electron chi connectivity index (χ1n) is 4.18. The zero-order valence-electron chi connectivity index (χ0n) is 7.69. The quantitative estimate of drug-likeness (QED) is 0.685. The van der Waals surface area contributed by atoms with Gasteiger partial charge in [-0.15, -0.1) is 0 Å². The highest BCUT2D eigenvalue weighted by molar-refractivity contribution is 5.50. The van der Waals surface area contributed by atoms with Crippen molar-refractivity contribution in [2.24, 2.45) is 0 Å². The normalized spacial score (nSPS) is 10.4. The van der Waals surface area contributed by atoms with Crippen LogP contribution in [0, 0.1) is 6.92 Å². The van der Waals surface area contributed by atoms with Gasteiger partial charge < -0.3 is 5.73 Å². The van der Waals surface area contributed by atoms with Crippen LogP contribution in [0.5, 0.6) is 0 Å². The maximum Gasteiger partial charge on any atom is 0.271 e. The zero-order chi connectivity index (χ0) is 10.1. The van der Waals surface area contributed by atoms with Crippen LogP contribution in [0.3, 0.4) is 0 Å². The van der Waals surface area contributed by atoms with Gasteiger partial charge in [-0.2, -0.15) is 0 Å². The predicted octanol–water partition coefficient (Wildman–Crippen LogP) is 0.451. The minimum absolute atomic E-state index is 0.137. The lowest BCUT2D eigenvalue weighted by Crippen LogP contribution is -2.15. The van der Waals surface area contributed by atoms with Crippen molar-refractivity contribution in [3.63, 3.8) is 0 Å². The number of rotatable bonds is 1. The zero-order valence-corrected chi connectivity index (χ0v) is 7.69. The molecule has 0 amide bonds. The van der Waals surface area contributed by atoms with Gasteiger partial charge in [-0.05, 0) is 19.1 Å². The lowest BCUT2D eigenvalue weighted by atomic mass is 10.4. The number of pyridine rings is 1. The molecule has 0 atom stereocenters. The van der Waals surface area contributed by atoms with Crippen molar-refractivity contribution in [3.05, 3.63) is 40.4 Å². The van der Waals surface area contributed by atoms with E-state index in [0.717, 1.165) is 5.69 Å². The standard InChI is InChI=1S/C9H10N4O/c1-6-5-8(14)13(12-6)7-3-2-4-11-9(7)10/h2-5,12H,1H3,(H2,10,11). The lowest BCUT2D eigenvalue weighted by molar-refractivity contribution is 0.833. The van der Waals surface area contributed by atoms with E-state index in [1.54, 1.807) is 18.3 Å². The van der Waals surface area contributed by atoms with Gasteiger partial charge in [0.25, 0.3) is 5.56 Å². The molecule has 0 unspecified atom stereocenters. The number of hydrogen-bond acceptors (Lipinski definition) is 3. The second kappa shape index (κ2) is 3.02. The van der Waals surface area contributed by atoms with Crippen molar-refractivity contribution < 1.29 is 0 Å². The van der Waals surface area contributed by atoms with Crippen LogP contribution in [0.25, 0.3) is 5.69 Å². The third-order valence-electron chi connectivity index (χ3n) is 1.91. The molecule has 0 aliphatic carbocycles. The molecule has 2 heterocycles. The van der Waals surface area contributed by atoms with Crippen molar-refractivity contribution in [2.45, 2.75) is 6.92 Å². The summed E-state index contributed by atoms with van der Waals surface area (Å²) in [4.78, 5) is 15.3. The Hall–Kier alpha value is -2.04. The molecule has 5 nitrogen and oxygen atoms in total. The van der Waals surface area contributed by atoms with Crippen molar-refractivity contribution in [3.8, 4) is 5.69 Å². The van der Waals surface area contributed by atoms with Gasteiger partial charge in [0.15, 0.2) is 0 Å². The smallest absolute Gasteiger partial charge is 0.271 e. The fraction of sp³-hybridized carbons (Fsp3) is 0.111. The summed E-state index contributed by atoms with van der Waals surface area (Å²) in [5.74, 6) is 0.330. The molecule has 2 rings (SSSR count). The Kier molecular flexibility index (Phi) is 1.85. The minimum atomic E-state index is -0.137. The summed E-state index contributed by atoms with van der Waals surface area (Å²) in [6.07, 6.45) is 1.58. The van der Waals surface area contributed by atoms with Crippen LogP contribution in [-0.4, -0.2) is 14.8 Å². The molecule has 3 N–H and O–H groups in total. The topological polar surface area (TPSA) is 76.7 Å². The summed E-state index contributed by atoms with van der Waals surface area (Å²) in [7, 11) is 0. The largest absolute Gasteiger partial charge is 0.382 e. The monoisotopic (exact) mass is 190 g/mol. The molecule has 0 aliphatic heterocycles. The number of H-pyrrole nitrogens is 1. The summed E-state index contributed by atoms with van der Waals surface area (Å²) in [6, 6.07) is 4.97. The van der Waals surface area contributed by atoms with Gasteiger partial charge in [-0.25, -0.2) is 9.67 Å². The number of nitrogen functional groups attached to an aromatic ring is 1. The number of hydrogen-bond donors (Lipinski definition) is 2. The van der Waals surface area contributed by atoms with Crippen LogP contribution in [0.15, 0.2) is 29.2 Å². The van der Waals surface area contributed by atoms with Crippen molar-refractivity contribution in [1.29, 1.82) is 0 Å². The van der Waals surface area contributed by atoms with E-state index < -0.39 is 0 Å². The molecular weight excluding hydrogens is 180 g/mol. The molecule has 0 aliphatic rings. The van der Waals surface area contributed by atoms with E-state index in [9.17, 15) is 4.79 Å². The number of aromatic nitrogens is 3. The molecule has 14 heavy (non-hydrogen) atoms. The molecule has 0 bridgehead atoms. The lowest BCUT2D eigenvalue weighted by Gasteiger charge is -2.03. The molecule has 0 spiro atoms. The van der Waals surface area contributed by atoms with Crippen LogP contribution < -0.4 is 11.3 Å². The number of anilines is 1. The van der Waals surface area contributed by atoms with Gasteiger partial charge in [-0.3, -0.25) is 9.89 Å². The number of nitrogens with zero attached hydrogens (tertiary/aromatic N) is 2. The molecule has 2 aromatic heterocycles. The molecule has 0 saturated heterocycles. The summed E-state index contributed by atoms with van der Waals surface area (Å²) in [6.45, 7) is 1.81. The Morgan fingerprint density at radius 1 is 1.57 bits per heavy atom. The first-order chi connectivity index (χ1) is 6.68. The van der Waals surface area contributed by atoms with E-state index in [0.29, 0.717) is 11.5 Å². The third kappa shape index (κ3) is 1.28. The first-order valence-corrected chi connectivity index (χ1v) is 4.18. The maximum atomic E-state index is 11.4. The molecule has 72 valence electrons. The number of nitrogens with one attached hydrogen (secondary N) is 1. The van der Waals surface area contributed by atoms with E-state index in [1.807, 2.05) is 6.92 Å². The van der Waals surface area contributed by atoms with Crippen LogP contribution in [-0.2, 0) is 0 Å². The Bertz CT molecular complexity index is 512. The van der Waals surface area contributed by atoms with Gasteiger partial charge in [0.2, 0.25) is 0 Å². The molecular formula is C9H10N4O. The second-order valence-electron chi connectivity index (χ2n) is 3.02. The van der Waals surface area contributed by atoms with Gasteiger partial charge in [-0.1, -0.05) is 0 Å². The Balaban J connectivity index is 2.66.